The third-order valence-corrected chi connectivity index (χ3v) is 3.36. The van der Waals surface area contributed by atoms with Crippen molar-refractivity contribution in [1.29, 1.82) is 0 Å². The number of carboxylic acids is 1. The highest BCUT2D eigenvalue weighted by molar-refractivity contribution is 14.1. The van der Waals surface area contributed by atoms with E-state index < -0.39 is 18.1 Å². The van der Waals surface area contributed by atoms with Crippen molar-refractivity contribution < 1.29 is 18.7 Å². The molecule has 3 nitrogen and oxygen atoms in total. The first-order valence-electron chi connectivity index (χ1n) is 3.74. The van der Waals surface area contributed by atoms with Crippen LogP contribution >= 0.6 is 38.5 Å². The van der Waals surface area contributed by atoms with Crippen LogP contribution < -0.4 is 0 Å². The second-order valence-electron chi connectivity index (χ2n) is 2.59. The molecule has 0 spiro atoms. The minimum Gasteiger partial charge on any atom is -0.478 e. The summed E-state index contributed by atoms with van der Waals surface area (Å²) in [5, 5.41) is 9.04. The predicted molar refractivity (Wildman–Crippen MR) is 61.5 cm³/mol. The zero-order valence-corrected chi connectivity index (χ0v) is 10.9. The molecule has 82 valence electrons. The van der Waals surface area contributed by atoms with Gasteiger partial charge in [-0.1, -0.05) is 15.9 Å². The van der Waals surface area contributed by atoms with Gasteiger partial charge in [-0.05, 0) is 28.7 Å². The van der Waals surface area contributed by atoms with E-state index in [2.05, 4.69) is 20.9 Å². The molecular formula is C8H5BrF2INO2. The number of hydrogen-bond acceptors (Lipinski definition) is 2. The molecule has 0 aliphatic heterocycles. The van der Waals surface area contributed by atoms with Gasteiger partial charge in [-0.15, -0.1) is 0 Å². The molecule has 0 amide bonds. The maximum atomic E-state index is 12.4. The van der Waals surface area contributed by atoms with Crippen LogP contribution in [0.25, 0.3) is 0 Å². The molecule has 0 aliphatic rings. The molecule has 0 saturated heterocycles. The van der Waals surface area contributed by atoms with Crippen molar-refractivity contribution in [2.75, 3.05) is 0 Å². The third kappa shape index (κ3) is 2.83. The molecule has 0 aliphatic carbocycles. The summed E-state index contributed by atoms with van der Waals surface area (Å²) in [5.41, 5.74) is -0.344. The summed E-state index contributed by atoms with van der Waals surface area (Å²) in [6, 6.07) is 0.904. The van der Waals surface area contributed by atoms with Crippen molar-refractivity contribution in [1.82, 2.24) is 4.98 Å². The van der Waals surface area contributed by atoms with Crippen LogP contribution in [0.1, 0.15) is 28.2 Å². The summed E-state index contributed by atoms with van der Waals surface area (Å²) in [6.45, 7) is 0. The lowest BCUT2D eigenvalue weighted by molar-refractivity contribution is 0.0694. The summed E-state index contributed by atoms with van der Waals surface area (Å²) < 4.78 is 25.1. The van der Waals surface area contributed by atoms with Crippen LogP contribution in [0.5, 0.6) is 0 Å². The van der Waals surface area contributed by atoms with Crippen molar-refractivity contribution in [2.45, 2.75) is 11.8 Å². The maximum Gasteiger partial charge on any atom is 0.336 e. The molecule has 1 heterocycles. The van der Waals surface area contributed by atoms with Crippen molar-refractivity contribution in [2.24, 2.45) is 0 Å². The van der Waals surface area contributed by atoms with Gasteiger partial charge in [0, 0.05) is 8.90 Å². The van der Waals surface area contributed by atoms with E-state index in [1.165, 1.54) is 0 Å². The molecule has 1 N–H and O–H groups in total. The quantitative estimate of drug-likeness (QED) is 0.635. The normalized spacial score (nSPS) is 10.7. The lowest BCUT2D eigenvalue weighted by atomic mass is 10.2. The summed E-state index contributed by atoms with van der Waals surface area (Å²) in [4.78, 5) is 14.4. The van der Waals surface area contributed by atoms with Crippen LogP contribution in [0.15, 0.2) is 6.07 Å². The standard InChI is InChI=1S/C8H5BrF2INO2/c9-2-5-6(12)3(8(14)15)1-4(13-5)7(10)11/h1,7H,2H2,(H,14,15). The van der Waals surface area contributed by atoms with Crippen LogP contribution in [0.4, 0.5) is 8.78 Å². The number of pyridine rings is 1. The molecule has 0 atom stereocenters. The molecule has 1 aromatic rings. The number of aromatic carboxylic acids is 1. The Hall–Kier alpha value is -0.310. The minimum absolute atomic E-state index is 0.143. The fourth-order valence-electron chi connectivity index (χ4n) is 0.960. The number of alkyl halides is 3. The average molecular weight is 392 g/mol. The second kappa shape index (κ2) is 5.15. The number of carbonyl (C=O) groups is 1. The first kappa shape index (κ1) is 12.8. The van der Waals surface area contributed by atoms with Crippen LogP contribution in [0, 0.1) is 3.57 Å². The largest absolute Gasteiger partial charge is 0.478 e. The summed E-state index contributed by atoms with van der Waals surface area (Å²) in [7, 11) is 0. The molecule has 0 saturated carbocycles. The molecule has 15 heavy (non-hydrogen) atoms. The number of rotatable bonds is 3. The fourth-order valence-corrected chi connectivity index (χ4v) is 2.59. The van der Waals surface area contributed by atoms with Gasteiger partial charge in [0.05, 0.1) is 11.3 Å². The van der Waals surface area contributed by atoms with Crippen molar-refractivity contribution in [3.63, 3.8) is 0 Å². The number of nitrogens with zero attached hydrogens (tertiary/aromatic N) is 1. The highest BCUT2D eigenvalue weighted by Gasteiger charge is 2.19. The molecule has 0 bridgehead atoms. The van der Waals surface area contributed by atoms with E-state index in [0.29, 0.717) is 9.26 Å². The van der Waals surface area contributed by atoms with E-state index in [1.807, 2.05) is 0 Å². The Kier molecular flexibility index (Phi) is 4.38. The van der Waals surface area contributed by atoms with E-state index in [1.54, 1.807) is 22.6 Å². The summed E-state index contributed by atoms with van der Waals surface area (Å²) in [5.74, 6) is -1.23. The number of carboxylic acid groups (broad SMARTS) is 1. The van der Waals surface area contributed by atoms with Crippen LogP contribution in [0.2, 0.25) is 0 Å². The van der Waals surface area contributed by atoms with Gasteiger partial charge in [0.1, 0.15) is 5.69 Å². The van der Waals surface area contributed by atoms with Crippen molar-refractivity contribution >= 4 is 44.5 Å². The number of halogens is 4. The van der Waals surface area contributed by atoms with E-state index in [9.17, 15) is 13.6 Å². The Morgan fingerprint density at radius 3 is 2.67 bits per heavy atom. The molecular weight excluding hydrogens is 387 g/mol. The Labute approximate surface area is 106 Å². The Morgan fingerprint density at radius 2 is 2.27 bits per heavy atom. The van der Waals surface area contributed by atoms with Gasteiger partial charge in [0.2, 0.25) is 0 Å². The van der Waals surface area contributed by atoms with Crippen molar-refractivity contribution in [3.05, 3.63) is 26.6 Å². The van der Waals surface area contributed by atoms with Gasteiger partial charge >= 0.3 is 5.97 Å². The number of hydrogen-bond donors (Lipinski definition) is 1. The SMILES string of the molecule is O=C(O)c1cc(C(F)F)nc(CBr)c1I. The topological polar surface area (TPSA) is 50.2 Å². The zero-order chi connectivity index (χ0) is 11.6. The average Bonchev–Trinajstić information content (AvgIpc) is 2.17. The van der Waals surface area contributed by atoms with Crippen molar-refractivity contribution in [3.8, 4) is 0 Å². The van der Waals surface area contributed by atoms with Gasteiger partial charge in [-0.3, -0.25) is 0 Å². The second-order valence-corrected chi connectivity index (χ2v) is 4.23. The first-order valence-corrected chi connectivity index (χ1v) is 5.94. The minimum atomic E-state index is -2.77. The Morgan fingerprint density at radius 1 is 1.67 bits per heavy atom. The van der Waals surface area contributed by atoms with E-state index >= 15 is 0 Å². The maximum absolute atomic E-state index is 12.4. The van der Waals surface area contributed by atoms with E-state index in [-0.39, 0.29) is 10.9 Å². The van der Waals surface area contributed by atoms with Crippen LogP contribution in [-0.2, 0) is 5.33 Å². The predicted octanol–water partition coefficient (Wildman–Crippen LogP) is 3.22. The van der Waals surface area contributed by atoms with Crippen LogP contribution in [0.3, 0.4) is 0 Å². The van der Waals surface area contributed by atoms with E-state index in [4.69, 9.17) is 5.11 Å². The first-order chi connectivity index (χ1) is 6.97. The smallest absolute Gasteiger partial charge is 0.336 e. The Bertz CT molecular complexity index is 400. The van der Waals surface area contributed by atoms with Gasteiger partial charge < -0.3 is 5.11 Å². The fraction of sp³-hybridized carbons (Fsp3) is 0.250. The van der Waals surface area contributed by atoms with Gasteiger partial charge in [-0.2, -0.15) is 0 Å². The molecule has 7 heteroatoms. The van der Waals surface area contributed by atoms with Crippen LogP contribution in [-0.4, -0.2) is 16.1 Å². The molecule has 0 radical (unpaired) electrons. The third-order valence-electron chi connectivity index (χ3n) is 1.63. The van der Waals surface area contributed by atoms with Gasteiger partial charge in [0.25, 0.3) is 6.43 Å². The lowest BCUT2D eigenvalue weighted by Crippen LogP contribution is -2.07. The summed E-state index contributed by atoms with van der Waals surface area (Å²) >= 11 is 4.85. The van der Waals surface area contributed by atoms with E-state index in [0.717, 1.165) is 6.07 Å². The van der Waals surface area contributed by atoms with Gasteiger partial charge in [-0.25, -0.2) is 18.6 Å². The van der Waals surface area contributed by atoms with Gasteiger partial charge in [0.15, 0.2) is 0 Å². The molecule has 0 fully saturated rings. The zero-order valence-electron chi connectivity index (χ0n) is 7.18. The highest BCUT2D eigenvalue weighted by atomic mass is 127. The molecule has 0 unspecified atom stereocenters. The molecule has 1 aromatic heterocycles. The molecule has 0 aromatic carbocycles. The molecule has 1 rings (SSSR count). The number of aromatic nitrogens is 1. The Balaban J connectivity index is 3.38. The monoisotopic (exact) mass is 391 g/mol. The lowest BCUT2D eigenvalue weighted by Gasteiger charge is -2.07. The highest BCUT2D eigenvalue weighted by Crippen LogP contribution is 2.24. The summed E-state index contributed by atoms with van der Waals surface area (Å²) in [6.07, 6.45) is -2.77.